The van der Waals surface area contributed by atoms with Gasteiger partial charge in [0.1, 0.15) is 17.9 Å². The smallest absolute Gasteiger partial charge is 0.306 e. The number of ether oxygens (including phenoxy) is 2. The highest BCUT2D eigenvalue weighted by atomic mass is 16.5. The van der Waals surface area contributed by atoms with Gasteiger partial charge in [-0.1, -0.05) is 0 Å². The average molecular weight is 381 g/mol. The number of aliphatic hydroxyl groups excluding tert-OH is 2. The fraction of sp³-hybridized carbons (Fsp3) is 0.533. The molecule has 1 saturated heterocycles. The maximum atomic E-state index is 11.5. The van der Waals surface area contributed by atoms with E-state index in [9.17, 15) is 19.8 Å². The van der Waals surface area contributed by atoms with Gasteiger partial charge in [0.05, 0.1) is 38.5 Å². The molecule has 146 valence electrons. The number of aliphatic carboxylic acids is 1. The molecule has 2 aromatic rings. The van der Waals surface area contributed by atoms with Crippen molar-refractivity contribution in [2.24, 2.45) is 5.92 Å². The summed E-state index contributed by atoms with van der Waals surface area (Å²) < 4.78 is 12.0. The molecule has 0 bridgehead atoms. The summed E-state index contributed by atoms with van der Waals surface area (Å²) in [7, 11) is 0. The molecule has 3 rings (SSSR count). The number of aromatic nitrogens is 4. The number of fused-ring (bicyclic) bond motifs is 1. The van der Waals surface area contributed by atoms with Crippen LogP contribution in [0.4, 0.5) is 5.82 Å². The summed E-state index contributed by atoms with van der Waals surface area (Å²) in [5, 5.41) is 29.3. The number of hydrogen-bond acceptors (Lipinski definition) is 10. The number of carboxylic acids is 1. The molecule has 0 aromatic carbocycles. The highest BCUT2D eigenvalue weighted by Gasteiger charge is 2.40. The number of anilines is 1. The highest BCUT2D eigenvalue weighted by molar-refractivity contribution is 5.81. The van der Waals surface area contributed by atoms with Crippen molar-refractivity contribution < 1.29 is 34.4 Å². The molecule has 1 fully saturated rings. The van der Waals surface area contributed by atoms with E-state index in [1.54, 1.807) is 0 Å². The van der Waals surface area contributed by atoms with Crippen molar-refractivity contribution >= 4 is 28.9 Å². The Hall–Kier alpha value is -2.83. The predicted octanol–water partition coefficient (Wildman–Crippen LogP) is -1.32. The number of carbonyl (C=O) groups excluding carboxylic acids is 1. The van der Waals surface area contributed by atoms with Crippen molar-refractivity contribution in [2.75, 3.05) is 18.9 Å². The number of aliphatic hydroxyl groups is 2. The largest absolute Gasteiger partial charge is 0.481 e. The van der Waals surface area contributed by atoms with Crippen molar-refractivity contribution in [3.63, 3.8) is 0 Å². The second kappa shape index (κ2) is 7.82. The number of imidazole rings is 1. The highest BCUT2D eigenvalue weighted by Crippen LogP contribution is 2.30. The first kappa shape index (κ1) is 18.9. The van der Waals surface area contributed by atoms with Crippen LogP contribution < -0.4 is 5.73 Å². The Balaban J connectivity index is 1.64. The van der Waals surface area contributed by atoms with E-state index in [4.69, 9.17) is 20.3 Å². The van der Waals surface area contributed by atoms with Gasteiger partial charge in [-0.15, -0.1) is 0 Å². The zero-order valence-electron chi connectivity index (χ0n) is 14.1. The van der Waals surface area contributed by atoms with Crippen LogP contribution in [0.5, 0.6) is 0 Å². The lowest BCUT2D eigenvalue weighted by Crippen LogP contribution is -2.49. The van der Waals surface area contributed by atoms with Crippen LogP contribution in [0.1, 0.15) is 19.1 Å². The quantitative estimate of drug-likeness (QED) is 0.435. The van der Waals surface area contributed by atoms with Crippen LogP contribution in [0, 0.1) is 5.92 Å². The van der Waals surface area contributed by atoms with E-state index in [2.05, 4.69) is 15.0 Å². The molecule has 4 unspecified atom stereocenters. The Bertz CT molecular complexity index is 841. The zero-order valence-corrected chi connectivity index (χ0v) is 14.1. The SMILES string of the molecule is Nc1ncnc2c1ncn2C1OCC(COC(=O)CCC(=O)O)C(O)C1O. The van der Waals surface area contributed by atoms with Crippen LogP contribution in [-0.2, 0) is 19.1 Å². The fourth-order valence-corrected chi connectivity index (χ4v) is 2.80. The molecule has 0 spiro atoms. The molecular formula is C15H19N5O7. The van der Waals surface area contributed by atoms with E-state index in [0.29, 0.717) is 11.2 Å². The van der Waals surface area contributed by atoms with Gasteiger partial charge in [0.25, 0.3) is 0 Å². The number of esters is 1. The summed E-state index contributed by atoms with van der Waals surface area (Å²) >= 11 is 0. The number of nitrogens with zero attached hydrogens (tertiary/aromatic N) is 4. The average Bonchev–Trinajstić information content (AvgIpc) is 3.06. The van der Waals surface area contributed by atoms with E-state index in [-0.39, 0.29) is 31.9 Å². The fourth-order valence-electron chi connectivity index (χ4n) is 2.80. The van der Waals surface area contributed by atoms with E-state index in [0.717, 1.165) is 0 Å². The van der Waals surface area contributed by atoms with Gasteiger partial charge in [0.2, 0.25) is 0 Å². The Morgan fingerprint density at radius 1 is 1.26 bits per heavy atom. The third kappa shape index (κ3) is 3.97. The molecule has 5 N–H and O–H groups in total. The summed E-state index contributed by atoms with van der Waals surface area (Å²) in [5.74, 6) is -2.30. The van der Waals surface area contributed by atoms with E-state index in [1.807, 2.05) is 0 Å². The van der Waals surface area contributed by atoms with Crippen LogP contribution >= 0.6 is 0 Å². The second-order valence-electron chi connectivity index (χ2n) is 6.12. The Morgan fingerprint density at radius 2 is 2.04 bits per heavy atom. The molecule has 4 atom stereocenters. The summed E-state index contributed by atoms with van der Waals surface area (Å²) in [6, 6.07) is 0. The molecular weight excluding hydrogens is 362 g/mol. The topological polar surface area (TPSA) is 183 Å². The van der Waals surface area contributed by atoms with Gasteiger partial charge in [-0.2, -0.15) is 0 Å². The van der Waals surface area contributed by atoms with Crippen molar-refractivity contribution in [3.05, 3.63) is 12.7 Å². The van der Waals surface area contributed by atoms with Gasteiger partial charge in [-0.3, -0.25) is 14.2 Å². The predicted molar refractivity (Wildman–Crippen MR) is 88.1 cm³/mol. The van der Waals surface area contributed by atoms with Crippen molar-refractivity contribution in [1.29, 1.82) is 0 Å². The molecule has 3 heterocycles. The first-order valence-electron chi connectivity index (χ1n) is 8.16. The minimum atomic E-state index is -1.34. The van der Waals surface area contributed by atoms with Gasteiger partial charge in [0, 0.05) is 5.92 Å². The van der Waals surface area contributed by atoms with Crippen molar-refractivity contribution in [2.45, 2.75) is 31.3 Å². The number of nitrogen functional groups attached to an aromatic ring is 1. The summed E-state index contributed by atoms with van der Waals surface area (Å²) in [5.41, 5.74) is 6.42. The molecule has 27 heavy (non-hydrogen) atoms. The molecule has 0 saturated carbocycles. The summed E-state index contributed by atoms with van der Waals surface area (Å²) in [6.45, 7) is -0.210. The van der Waals surface area contributed by atoms with E-state index < -0.39 is 36.3 Å². The Morgan fingerprint density at radius 3 is 2.78 bits per heavy atom. The molecule has 12 nitrogen and oxygen atoms in total. The number of carboxylic acid groups (broad SMARTS) is 1. The molecule has 0 aliphatic carbocycles. The van der Waals surface area contributed by atoms with Gasteiger partial charge < -0.3 is 30.5 Å². The number of hydrogen-bond donors (Lipinski definition) is 4. The lowest BCUT2D eigenvalue weighted by atomic mass is 9.95. The third-order valence-corrected chi connectivity index (χ3v) is 4.27. The summed E-state index contributed by atoms with van der Waals surface area (Å²) in [6.07, 6.45) is -1.53. The first-order valence-corrected chi connectivity index (χ1v) is 8.16. The maximum Gasteiger partial charge on any atom is 0.306 e. The van der Waals surface area contributed by atoms with Crippen LogP contribution in [0.3, 0.4) is 0 Å². The summed E-state index contributed by atoms with van der Waals surface area (Å²) in [4.78, 5) is 33.9. The Labute approximate surface area is 152 Å². The molecule has 0 radical (unpaired) electrons. The normalized spacial score (nSPS) is 25.4. The second-order valence-corrected chi connectivity index (χ2v) is 6.12. The molecule has 2 aromatic heterocycles. The maximum absolute atomic E-state index is 11.5. The minimum absolute atomic E-state index is 0.00462. The van der Waals surface area contributed by atoms with Crippen LogP contribution in [0.15, 0.2) is 12.7 Å². The molecule has 12 heteroatoms. The zero-order chi connectivity index (χ0) is 19.6. The van der Waals surface area contributed by atoms with Crippen LogP contribution in [-0.4, -0.2) is 72.2 Å². The molecule has 0 amide bonds. The van der Waals surface area contributed by atoms with Gasteiger partial charge in [-0.05, 0) is 0 Å². The minimum Gasteiger partial charge on any atom is -0.481 e. The van der Waals surface area contributed by atoms with Crippen molar-refractivity contribution in [1.82, 2.24) is 19.5 Å². The molecule has 1 aliphatic rings. The standard InChI is InChI=1S/C15H19N5O7/c16-13-10-14(18-5-17-13)20(6-19-10)15-12(25)11(24)7(4-27-15)3-26-9(23)2-1-8(21)22/h5-7,11-12,15,24-25H,1-4H2,(H,21,22)(H2,16,17,18). The van der Waals surface area contributed by atoms with Crippen molar-refractivity contribution in [3.8, 4) is 0 Å². The third-order valence-electron chi connectivity index (χ3n) is 4.27. The van der Waals surface area contributed by atoms with E-state index in [1.165, 1.54) is 17.2 Å². The lowest BCUT2D eigenvalue weighted by Gasteiger charge is -2.37. The number of nitrogens with two attached hydrogens (primary N) is 1. The van der Waals surface area contributed by atoms with Gasteiger partial charge >= 0.3 is 11.9 Å². The van der Waals surface area contributed by atoms with Crippen LogP contribution in [0.25, 0.3) is 11.2 Å². The number of rotatable bonds is 6. The molecule has 1 aliphatic heterocycles. The van der Waals surface area contributed by atoms with Gasteiger partial charge in [-0.25, -0.2) is 15.0 Å². The van der Waals surface area contributed by atoms with Crippen LogP contribution in [0.2, 0.25) is 0 Å². The monoisotopic (exact) mass is 381 g/mol. The van der Waals surface area contributed by atoms with E-state index >= 15 is 0 Å². The lowest BCUT2D eigenvalue weighted by molar-refractivity contribution is -0.200. The van der Waals surface area contributed by atoms with Gasteiger partial charge in [0.15, 0.2) is 17.7 Å². The first-order chi connectivity index (χ1) is 12.9. The number of carbonyl (C=O) groups is 2. The Kier molecular flexibility index (Phi) is 5.48.